The molecule has 2 saturated heterocycles. The lowest BCUT2D eigenvalue weighted by molar-refractivity contribution is -0.253. The maximum absolute atomic E-state index is 11.9. The highest BCUT2D eigenvalue weighted by Crippen LogP contribution is 2.63. The van der Waals surface area contributed by atoms with Gasteiger partial charge in [-0.3, -0.25) is 9.59 Å². The Balaban J connectivity index is 0.000000162. The van der Waals surface area contributed by atoms with E-state index >= 15 is 0 Å². The van der Waals surface area contributed by atoms with Crippen molar-refractivity contribution in [1.29, 1.82) is 0 Å². The van der Waals surface area contributed by atoms with Crippen molar-refractivity contribution >= 4 is 11.9 Å². The molecule has 10 heteroatoms. The number of ether oxygens (including phenoxy) is 4. The van der Waals surface area contributed by atoms with Crippen molar-refractivity contribution in [2.75, 3.05) is 13.2 Å². The van der Waals surface area contributed by atoms with Gasteiger partial charge in [-0.05, 0) is 93.8 Å². The third kappa shape index (κ3) is 6.22. The highest BCUT2D eigenvalue weighted by atomic mass is 16.6. The van der Waals surface area contributed by atoms with Crippen molar-refractivity contribution in [2.45, 2.75) is 174 Å². The molecule has 0 aromatic heterocycles. The Hall–Kier alpha value is -1.56. The molecule has 2 aliphatic heterocycles. The van der Waals surface area contributed by atoms with Gasteiger partial charge in [0.15, 0.2) is 0 Å². The number of aliphatic hydroxyl groups excluding tert-OH is 4. The number of esters is 2. The van der Waals surface area contributed by atoms with Gasteiger partial charge < -0.3 is 39.4 Å². The van der Waals surface area contributed by atoms with E-state index in [2.05, 4.69) is 27.7 Å². The van der Waals surface area contributed by atoms with Crippen molar-refractivity contribution in [1.82, 2.24) is 0 Å². The second-order valence-corrected chi connectivity index (χ2v) is 19.1. The molecular weight excluding hydrogens is 664 g/mol. The molecule has 0 radical (unpaired) electrons. The van der Waals surface area contributed by atoms with Crippen LogP contribution in [-0.2, 0) is 28.5 Å². The zero-order chi connectivity index (χ0) is 37.4. The molecule has 0 amide bonds. The third-order valence-electron chi connectivity index (χ3n) is 16.3. The van der Waals surface area contributed by atoms with E-state index < -0.39 is 12.2 Å². The smallest absolute Gasteiger partial charge is 0.305 e. The Kier molecular flexibility index (Phi) is 10.6. The van der Waals surface area contributed by atoms with Crippen LogP contribution in [0.2, 0.25) is 0 Å². The van der Waals surface area contributed by atoms with Crippen LogP contribution in [0.25, 0.3) is 0 Å². The highest BCUT2D eigenvalue weighted by molar-refractivity contribution is 5.69. The van der Waals surface area contributed by atoms with Crippen molar-refractivity contribution in [3.05, 3.63) is 11.6 Å². The number of hydrogen-bond donors (Lipinski definition) is 4. The normalized spacial score (nSPS) is 51.8. The Morgan fingerprint density at radius 1 is 0.712 bits per heavy atom. The van der Waals surface area contributed by atoms with Crippen LogP contribution in [0, 0.1) is 51.2 Å². The van der Waals surface area contributed by atoms with Gasteiger partial charge in [0.1, 0.15) is 12.2 Å². The van der Waals surface area contributed by atoms with Crippen LogP contribution in [-0.4, -0.2) is 94.4 Å². The van der Waals surface area contributed by atoms with Gasteiger partial charge in [-0.1, -0.05) is 53.2 Å². The van der Waals surface area contributed by atoms with E-state index in [0.717, 1.165) is 69.8 Å². The number of hydrogen-bond acceptors (Lipinski definition) is 10. The SMILES string of the molecule is CCC(=O)O[C@H]1CCC2C3C(OC[C@@]21C)[C@@]1(C)CC[C@H](O)CC1=C[C@@H]3O.CCC(=O)O[C@H]1CCC2C3C(OC[C@@]21C)[C@@]1(C)CC[C@H](O)CC1C[C@@H]3O. The summed E-state index contributed by atoms with van der Waals surface area (Å²) in [6, 6.07) is 0. The molecule has 8 aliphatic rings. The van der Waals surface area contributed by atoms with E-state index in [1.54, 1.807) is 0 Å². The average molecular weight is 731 g/mol. The second kappa shape index (κ2) is 14.2. The molecule has 0 aromatic rings. The summed E-state index contributed by atoms with van der Waals surface area (Å²) in [7, 11) is 0. The largest absolute Gasteiger partial charge is 0.462 e. The van der Waals surface area contributed by atoms with E-state index in [1.807, 2.05) is 19.9 Å². The molecule has 4 N–H and O–H groups in total. The van der Waals surface area contributed by atoms with Crippen LogP contribution < -0.4 is 0 Å². The number of fused-ring (bicyclic) bond motifs is 10. The quantitative estimate of drug-likeness (QED) is 0.223. The summed E-state index contributed by atoms with van der Waals surface area (Å²) < 4.78 is 24.4. The monoisotopic (exact) mass is 730 g/mol. The van der Waals surface area contributed by atoms with E-state index in [9.17, 15) is 30.0 Å². The fourth-order valence-electron chi connectivity index (χ4n) is 13.0. The maximum atomic E-state index is 11.9. The first-order chi connectivity index (χ1) is 24.6. The second-order valence-electron chi connectivity index (χ2n) is 19.1. The summed E-state index contributed by atoms with van der Waals surface area (Å²) >= 11 is 0. The molecule has 0 bridgehead atoms. The summed E-state index contributed by atoms with van der Waals surface area (Å²) in [4.78, 5) is 23.7. The minimum atomic E-state index is -0.557. The van der Waals surface area contributed by atoms with Crippen molar-refractivity contribution in [3.8, 4) is 0 Å². The minimum absolute atomic E-state index is 0.0244. The molecule has 294 valence electrons. The Labute approximate surface area is 310 Å². The van der Waals surface area contributed by atoms with Crippen molar-refractivity contribution < 1.29 is 49.0 Å². The Morgan fingerprint density at radius 2 is 1.27 bits per heavy atom. The zero-order valence-electron chi connectivity index (χ0n) is 32.4. The molecule has 7 fully saturated rings. The molecule has 6 aliphatic carbocycles. The first-order valence-electron chi connectivity index (χ1n) is 20.6. The summed E-state index contributed by atoms with van der Waals surface area (Å²) in [6.45, 7) is 13.7. The van der Waals surface area contributed by atoms with Crippen LogP contribution in [0.3, 0.4) is 0 Å². The van der Waals surface area contributed by atoms with Crippen LogP contribution in [0.5, 0.6) is 0 Å². The first-order valence-corrected chi connectivity index (χ1v) is 20.6. The predicted molar refractivity (Wildman–Crippen MR) is 193 cm³/mol. The molecule has 0 spiro atoms. The van der Waals surface area contributed by atoms with E-state index in [0.29, 0.717) is 44.3 Å². The number of carbonyl (C=O) groups is 2. The Morgan fingerprint density at radius 3 is 1.87 bits per heavy atom. The number of aliphatic hydroxyl groups is 4. The van der Waals surface area contributed by atoms with Gasteiger partial charge in [0.05, 0.1) is 49.8 Å². The van der Waals surface area contributed by atoms with Gasteiger partial charge in [-0.15, -0.1) is 0 Å². The summed E-state index contributed by atoms with van der Waals surface area (Å²) in [5.74, 6) is 0.776. The van der Waals surface area contributed by atoms with E-state index in [-0.39, 0.29) is 88.0 Å². The van der Waals surface area contributed by atoms with Gasteiger partial charge in [-0.25, -0.2) is 0 Å². The van der Waals surface area contributed by atoms with Gasteiger partial charge in [0.25, 0.3) is 0 Å². The lowest BCUT2D eigenvalue weighted by Gasteiger charge is -2.61. The number of carbonyl (C=O) groups excluding carboxylic acids is 2. The molecular formula is C42H66O10. The summed E-state index contributed by atoms with van der Waals surface area (Å²) in [5, 5.41) is 42.2. The van der Waals surface area contributed by atoms with Crippen LogP contribution in [0.4, 0.5) is 0 Å². The third-order valence-corrected chi connectivity index (χ3v) is 16.3. The summed E-state index contributed by atoms with van der Waals surface area (Å²) in [5.41, 5.74) is 0.638. The molecule has 8 rings (SSSR count). The lowest BCUT2D eigenvalue weighted by atomic mass is 9.50. The zero-order valence-corrected chi connectivity index (χ0v) is 32.4. The first kappa shape index (κ1) is 38.7. The Bertz CT molecular complexity index is 1380. The molecule has 5 saturated carbocycles. The number of rotatable bonds is 4. The fraction of sp³-hybridized carbons (Fsp3) is 0.905. The van der Waals surface area contributed by atoms with Gasteiger partial charge in [-0.2, -0.15) is 0 Å². The van der Waals surface area contributed by atoms with Crippen LogP contribution in [0.1, 0.15) is 125 Å². The molecule has 10 nitrogen and oxygen atoms in total. The predicted octanol–water partition coefficient (Wildman–Crippen LogP) is 5.26. The topological polar surface area (TPSA) is 152 Å². The fourth-order valence-corrected chi connectivity index (χ4v) is 13.0. The van der Waals surface area contributed by atoms with Gasteiger partial charge in [0, 0.05) is 40.9 Å². The van der Waals surface area contributed by atoms with Crippen LogP contribution >= 0.6 is 0 Å². The standard InChI is InChI=1S/C21H34O5.C21H32O5/c2*1-4-17(24)26-16-6-5-14-18-15(23)10-12-9-13(22)7-8-20(12,2)19(18)25-11-21(14,16)3/h12-16,18-19,22-23H,4-11H2,1-3H3;10,13-16,18-19,22-23H,4-9,11H2,1-3H3/t12?,13-,14?,15-,16-,18?,19?,20-,21-;13-,14?,15-,16-,18?,19?,20-,21-/m00/s1. The van der Waals surface area contributed by atoms with E-state index in [4.69, 9.17) is 18.9 Å². The van der Waals surface area contributed by atoms with E-state index in [1.165, 1.54) is 0 Å². The molecule has 0 aromatic carbocycles. The maximum Gasteiger partial charge on any atom is 0.305 e. The molecule has 52 heavy (non-hydrogen) atoms. The minimum Gasteiger partial charge on any atom is -0.462 e. The highest BCUT2D eigenvalue weighted by Gasteiger charge is 2.65. The average Bonchev–Trinajstić information content (AvgIpc) is 3.62. The van der Waals surface area contributed by atoms with Crippen molar-refractivity contribution in [3.63, 3.8) is 0 Å². The van der Waals surface area contributed by atoms with Gasteiger partial charge >= 0.3 is 11.9 Å². The summed E-state index contributed by atoms with van der Waals surface area (Å²) in [6.07, 6.45) is 10.4. The molecule has 7 unspecified atom stereocenters. The molecule has 17 atom stereocenters. The lowest BCUT2D eigenvalue weighted by Crippen LogP contribution is -2.64. The van der Waals surface area contributed by atoms with Crippen LogP contribution in [0.15, 0.2) is 11.6 Å². The van der Waals surface area contributed by atoms with Crippen molar-refractivity contribution in [2.24, 2.45) is 51.2 Å². The molecule has 2 heterocycles. The van der Waals surface area contributed by atoms with Gasteiger partial charge in [0.2, 0.25) is 0 Å².